The maximum atomic E-state index is 5.70. The van der Waals surface area contributed by atoms with Crippen LogP contribution >= 0.6 is 0 Å². The Morgan fingerprint density at radius 3 is 2.44 bits per heavy atom. The summed E-state index contributed by atoms with van der Waals surface area (Å²) in [6, 6.07) is 0. The first kappa shape index (κ1) is 15.9. The number of hydrogen-bond donors (Lipinski definition) is 2. The van der Waals surface area contributed by atoms with Crippen molar-refractivity contribution in [3.05, 3.63) is 0 Å². The van der Waals surface area contributed by atoms with E-state index in [1.54, 1.807) is 0 Å². The van der Waals surface area contributed by atoms with Gasteiger partial charge in [-0.05, 0) is 44.3 Å². The van der Waals surface area contributed by atoms with Crippen molar-refractivity contribution in [2.75, 3.05) is 32.8 Å². The molecule has 0 amide bonds. The fourth-order valence-corrected chi connectivity index (χ4v) is 1.53. The zero-order valence-electron chi connectivity index (χ0n) is 11.3. The molecule has 0 aliphatic heterocycles. The number of hydrogen-bond acceptors (Lipinski definition) is 3. The van der Waals surface area contributed by atoms with Gasteiger partial charge in [-0.25, -0.2) is 0 Å². The second kappa shape index (κ2) is 11.4. The van der Waals surface area contributed by atoms with Gasteiger partial charge >= 0.3 is 0 Å². The average Bonchev–Trinajstić information content (AvgIpc) is 2.26. The molecule has 0 rings (SSSR count). The van der Waals surface area contributed by atoms with Crippen molar-refractivity contribution in [1.29, 1.82) is 0 Å². The normalized spacial score (nSPS) is 13.3. The first-order valence-corrected chi connectivity index (χ1v) is 6.70. The van der Waals surface area contributed by atoms with Crippen LogP contribution in [0, 0.1) is 11.8 Å². The Labute approximate surface area is 101 Å². The van der Waals surface area contributed by atoms with Crippen LogP contribution in [0.15, 0.2) is 0 Å². The van der Waals surface area contributed by atoms with E-state index >= 15 is 0 Å². The summed E-state index contributed by atoms with van der Waals surface area (Å²) < 4.78 is 5.49. The maximum Gasteiger partial charge on any atom is 0.0478 e. The topological polar surface area (TPSA) is 47.3 Å². The molecular formula is C13H30N2O. The minimum Gasteiger partial charge on any atom is -0.381 e. The standard InChI is InChI=1S/C13H30N2O/c1-4-5-8-16-9-6-7-15-11-13(10-14)12(2)3/h12-13,15H,4-11,14H2,1-3H3. The summed E-state index contributed by atoms with van der Waals surface area (Å²) in [5, 5.41) is 3.45. The van der Waals surface area contributed by atoms with Gasteiger partial charge in [0, 0.05) is 13.2 Å². The number of nitrogens with two attached hydrogens (primary N) is 1. The Bertz CT molecular complexity index is 140. The highest BCUT2D eigenvalue weighted by Gasteiger charge is 2.09. The Kier molecular flexibility index (Phi) is 11.3. The molecule has 0 saturated carbocycles. The van der Waals surface area contributed by atoms with E-state index in [1.165, 1.54) is 12.8 Å². The fourth-order valence-electron chi connectivity index (χ4n) is 1.53. The van der Waals surface area contributed by atoms with Crippen LogP contribution in [0.2, 0.25) is 0 Å². The lowest BCUT2D eigenvalue weighted by atomic mass is 9.96. The molecule has 0 spiro atoms. The van der Waals surface area contributed by atoms with Crippen molar-refractivity contribution in [3.63, 3.8) is 0 Å². The molecule has 0 aromatic rings. The maximum absolute atomic E-state index is 5.70. The molecule has 0 radical (unpaired) electrons. The molecule has 98 valence electrons. The van der Waals surface area contributed by atoms with E-state index in [4.69, 9.17) is 10.5 Å². The highest BCUT2D eigenvalue weighted by Crippen LogP contribution is 2.07. The van der Waals surface area contributed by atoms with Crippen molar-refractivity contribution >= 4 is 0 Å². The Morgan fingerprint density at radius 1 is 1.19 bits per heavy atom. The first-order chi connectivity index (χ1) is 7.72. The van der Waals surface area contributed by atoms with Crippen LogP contribution in [0.25, 0.3) is 0 Å². The van der Waals surface area contributed by atoms with Gasteiger partial charge in [0.2, 0.25) is 0 Å². The second-order valence-corrected chi connectivity index (χ2v) is 4.76. The minimum absolute atomic E-state index is 0.598. The zero-order chi connectivity index (χ0) is 12.2. The molecule has 3 nitrogen and oxygen atoms in total. The van der Waals surface area contributed by atoms with Crippen molar-refractivity contribution in [2.45, 2.75) is 40.0 Å². The summed E-state index contributed by atoms with van der Waals surface area (Å²) in [6.45, 7) is 11.3. The Balaban J connectivity index is 3.19. The number of ether oxygens (including phenoxy) is 1. The molecule has 0 aliphatic rings. The van der Waals surface area contributed by atoms with Gasteiger partial charge in [-0.1, -0.05) is 27.2 Å². The SMILES string of the molecule is CCCCOCCCNCC(CN)C(C)C. The van der Waals surface area contributed by atoms with Gasteiger partial charge in [-0.2, -0.15) is 0 Å². The molecule has 3 N–H and O–H groups in total. The molecule has 1 atom stereocenters. The van der Waals surface area contributed by atoms with E-state index in [-0.39, 0.29) is 0 Å². The van der Waals surface area contributed by atoms with Crippen molar-refractivity contribution in [3.8, 4) is 0 Å². The van der Waals surface area contributed by atoms with Crippen molar-refractivity contribution < 1.29 is 4.74 Å². The molecule has 0 fully saturated rings. The lowest BCUT2D eigenvalue weighted by Crippen LogP contribution is -2.32. The van der Waals surface area contributed by atoms with Gasteiger partial charge < -0.3 is 15.8 Å². The quantitative estimate of drug-likeness (QED) is 0.534. The van der Waals surface area contributed by atoms with Crippen molar-refractivity contribution in [2.24, 2.45) is 17.6 Å². The molecular weight excluding hydrogens is 200 g/mol. The molecule has 0 aromatic carbocycles. The summed E-state index contributed by atoms with van der Waals surface area (Å²) in [6.07, 6.45) is 3.49. The lowest BCUT2D eigenvalue weighted by molar-refractivity contribution is 0.128. The highest BCUT2D eigenvalue weighted by molar-refractivity contribution is 4.66. The van der Waals surface area contributed by atoms with E-state index in [2.05, 4.69) is 26.1 Å². The third-order valence-electron chi connectivity index (χ3n) is 2.94. The number of unbranched alkanes of at least 4 members (excludes halogenated alkanes) is 1. The Hall–Kier alpha value is -0.120. The molecule has 0 heterocycles. The van der Waals surface area contributed by atoms with E-state index in [9.17, 15) is 0 Å². The van der Waals surface area contributed by atoms with Crippen molar-refractivity contribution in [1.82, 2.24) is 5.32 Å². The molecule has 0 saturated heterocycles. The van der Waals surface area contributed by atoms with Gasteiger partial charge in [0.25, 0.3) is 0 Å². The second-order valence-electron chi connectivity index (χ2n) is 4.76. The predicted octanol–water partition coefficient (Wildman–Crippen LogP) is 2.01. The van der Waals surface area contributed by atoms with E-state index < -0.39 is 0 Å². The van der Waals surface area contributed by atoms with E-state index in [1.807, 2.05) is 0 Å². The van der Waals surface area contributed by atoms with Gasteiger partial charge in [-0.15, -0.1) is 0 Å². The summed E-state index contributed by atoms with van der Waals surface area (Å²) in [4.78, 5) is 0. The average molecular weight is 230 g/mol. The molecule has 0 aliphatic carbocycles. The molecule has 0 aromatic heterocycles. The van der Waals surface area contributed by atoms with E-state index in [0.29, 0.717) is 11.8 Å². The largest absolute Gasteiger partial charge is 0.381 e. The van der Waals surface area contributed by atoms with Crippen LogP contribution in [0.5, 0.6) is 0 Å². The van der Waals surface area contributed by atoms with Gasteiger partial charge in [0.15, 0.2) is 0 Å². The van der Waals surface area contributed by atoms with Crippen LogP contribution in [-0.2, 0) is 4.74 Å². The fraction of sp³-hybridized carbons (Fsp3) is 1.00. The van der Waals surface area contributed by atoms with Crippen LogP contribution in [0.4, 0.5) is 0 Å². The molecule has 16 heavy (non-hydrogen) atoms. The monoisotopic (exact) mass is 230 g/mol. The smallest absolute Gasteiger partial charge is 0.0478 e. The minimum atomic E-state index is 0.598. The summed E-state index contributed by atoms with van der Waals surface area (Å²) in [5.41, 5.74) is 5.70. The predicted molar refractivity (Wildman–Crippen MR) is 70.6 cm³/mol. The van der Waals surface area contributed by atoms with Crippen LogP contribution < -0.4 is 11.1 Å². The third kappa shape index (κ3) is 9.13. The van der Waals surface area contributed by atoms with Gasteiger partial charge in [0.05, 0.1) is 0 Å². The first-order valence-electron chi connectivity index (χ1n) is 6.70. The third-order valence-corrected chi connectivity index (χ3v) is 2.94. The summed E-state index contributed by atoms with van der Waals surface area (Å²) in [7, 11) is 0. The summed E-state index contributed by atoms with van der Waals surface area (Å²) in [5.74, 6) is 1.26. The number of nitrogens with one attached hydrogen (secondary N) is 1. The Morgan fingerprint density at radius 2 is 1.88 bits per heavy atom. The summed E-state index contributed by atoms with van der Waals surface area (Å²) >= 11 is 0. The highest BCUT2D eigenvalue weighted by atomic mass is 16.5. The molecule has 0 bridgehead atoms. The van der Waals surface area contributed by atoms with Gasteiger partial charge in [-0.3, -0.25) is 0 Å². The molecule has 1 unspecified atom stereocenters. The van der Waals surface area contributed by atoms with E-state index in [0.717, 1.165) is 39.3 Å². The van der Waals surface area contributed by atoms with Crippen LogP contribution in [0.3, 0.4) is 0 Å². The number of rotatable bonds is 11. The lowest BCUT2D eigenvalue weighted by Gasteiger charge is -2.19. The van der Waals surface area contributed by atoms with Crippen LogP contribution in [-0.4, -0.2) is 32.8 Å². The van der Waals surface area contributed by atoms with Crippen LogP contribution in [0.1, 0.15) is 40.0 Å². The van der Waals surface area contributed by atoms with Gasteiger partial charge in [0.1, 0.15) is 0 Å². The zero-order valence-corrected chi connectivity index (χ0v) is 11.3. The molecule has 3 heteroatoms.